The Morgan fingerprint density at radius 2 is 1.62 bits per heavy atom. The lowest BCUT2D eigenvalue weighted by Gasteiger charge is -2.37. The van der Waals surface area contributed by atoms with E-state index in [0.717, 1.165) is 37.5 Å². The summed E-state index contributed by atoms with van der Waals surface area (Å²) in [6, 6.07) is 11.5. The molecule has 0 amide bonds. The standard InChI is InChI=1S/C16H13Br3FN/c17-10-7-13(18)16(14(19)8-10)21-11-5-9(6-11)12-3-1-2-4-15(12)20/h1-4,7-9,11,21H,5-6H2. The zero-order chi connectivity index (χ0) is 15.0. The molecular formula is C16H13Br3FN. The molecule has 1 aliphatic rings. The highest BCUT2D eigenvalue weighted by Gasteiger charge is 2.32. The van der Waals surface area contributed by atoms with Gasteiger partial charge in [0, 0.05) is 19.5 Å². The predicted molar refractivity (Wildman–Crippen MR) is 95.3 cm³/mol. The van der Waals surface area contributed by atoms with E-state index in [1.54, 1.807) is 6.07 Å². The molecule has 0 unspecified atom stereocenters. The summed E-state index contributed by atoms with van der Waals surface area (Å²) in [5, 5.41) is 3.52. The van der Waals surface area contributed by atoms with Crippen molar-refractivity contribution in [2.75, 3.05) is 5.32 Å². The second-order valence-electron chi connectivity index (χ2n) is 5.28. The fourth-order valence-corrected chi connectivity index (χ4v) is 5.17. The highest BCUT2D eigenvalue weighted by Crippen LogP contribution is 2.42. The minimum atomic E-state index is -0.0908. The molecule has 0 saturated heterocycles. The third-order valence-electron chi connectivity index (χ3n) is 3.84. The summed E-state index contributed by atoms with van der Waals surface area (Å²) in [6.45, 7) is 0. The van der Waals surface area contributed by atoms with Crippen molar-refractivity contribution in [2.24, 2.45) is 0 Å². The number of hydrogen-bond acceptors (Lipinski definition) is 1. The van der Waals surface area contributed by atoms with Gasteiger partial charge in [-0.15, -0.1) is 0 Å². The first kappa shape index (κ1) is 15.5. The SMILES string of the molecule is Fc1ccccc1C1CC(Nc2c(Br)cc(Br)cc2Br)C1. The Kier molecular flexibility index (Phi) is 4.71. The third-order valence-corrected chi connectivity index (χ3v) is 5.55. The van der Waals surface area contributed by atoms with E-state index < -0.39 is 0 Å². The van der Waals surface area contributed by atoms with Crippen LogP contribution in [-0.4, -0.2) is 6.04 Å². The Morgan fingerprint density at radius 1 is 1.00 bits per heavy atom. The summed E-state index contributed by atoms with van der Waals surface area (Å²) in [5.74, 6) is 0.226. The van der Waals surface area contributed by atoms with E-state index in [4.69, 9.17) is 0 Å². The van der Waals surface area contributed by atoms with Gasteiger partial charge in [-0.1, -0.05) is 34.1 Å². The molecule has 21 heavy (non-hydrogen) atoms. The van der Waals surface area contributed by atoms with Crippen molar-refractivity contribution in [2.45, 2.75) is 24.8 Å². The Morgan fingerprint density at radius 3 is 2.24 bits per heavy atom. The fraction of sp³-hybridized carbons (Fsp3) is 0.250. The van der Waals surface area contributed by atoms with E-state index >= 15 is 0 Å². The second-order valence-corrected chi connectivity index (χ2v) is 7.90. The van der Waals surface area contributed by atoms with Gasteiger partial charge in [-0.05, 0) is 74.4 Å². The number of anilines is 1. The van der Waals surface area contributed by atoms with Gasteiger partial charge in [0.1, 0.15) is 5.82 Å². The average Bonchev–Trinajstić information content (AvgIpc) is 2.37. The predicted octanol–water partition coefficient (Wildman–Crippen LogP) is 6.47. The van der Waals surface area contributed by atoms with Crippen molar-refractivity contribution in [1.29, 1.82) is 0 Å². The van der Waals surface area contributed by atoms with Crippen LogP contribution >= 0.6 is 47.8 Å². The van der Waals surface area contributed by atoms with Crippen LogP contribution in [0.1, 0.15) is 24.3 Å². The Hall–Kier alpha value is -0.390. The van der Waals surface area contributed by atoms with Crippen LogP contribution < -0.4 is 5.32 Å². The molecule has 2 aromatic rings. The molecule has 0 heterocycles. The lowest BCUT2D eigenvalue weighted by atomic mass is 9.75. The molecule has 1 fully saturated rings. The summed E-state index contributed by atoms with van der Waals surface area (Å²) in [4.78, 5) is 0. The summed E-state index contributed by atoms with van der Waals surface area (Å²) < 4.78 is 16.8. The number of rotatable bonds is 3. The van der Waals surface area contributed by atoms with Gasteiger partial charge >= 0.3 is 0 Å². The zero-order valence-corrected chi connectivity index (χ0v) is 15.8. The van der Waals surface area contributed by atoms with Gasteiger partial charge in [-0.25, -0.2) is 4.39 Å². The van der Waals surface area contributed by atoms with Crippen molar-refractivity contribution >= 4 is 53.5 Å². The van der Waals surface area contributed by atoms with Crippen LogP contribution in [0, 0.1) is 5.82 Å². The molecule has 1 saturated carbocycles. The minimum absolute atomic E-state index is 0.0908. The molecule has 0 bridgehead atoms. The minimum Gasteiger partial charge on any atom is -0.380 e. The van der Waals surface area contributed by atoms with Gasteiger partial charge in [0.05, 0.1) is 5.69 Å². The summed E-state index contributed by atoms with van der Waals surface area (Å²) in [6.07, 6.45) is 1.91. The summed E-state index contributed by atoms with van der Waals surface area (Å²) >= 11 is 10.6. The molecule has 110 valence electrons. The topological polar surface area (TPSA) is 12.0 Å². The van der Waals surface area contributed by atoms with Gasteiger partial charge < -0.3 is 5.32 Å². The molecule has 0 spiro atoms. The molecule has 0 radical (unpaired) electrons. The molecule has 0 aliphatic heterocycles. The number of hydrogen-bond donors (Lipinski definition) is 1. The molecule has 3 rings (SSSR count). The van der Waals surface area contributed by atoms with Crippen LogP contribution in [0.15, 0.2) is 49.8 Å². The molecule has 1 aliphatic carbocycles. The quantitative estimate of drug-likeness (QED) is 0.534. The molecule has 5 heteroatoms. The van der Waals surface area contributed by atoms with Crippen LogP contribution in [0.25, 0.3) is 0 Å². The number of nitrogens with one attached hydrogen (secondary N) is 1. The fourth-order valence-electron chi connectivity index (χ4n) is 2.68. The molecule has 1 N–H and O–H groups in total. The molecule has 1 nitrogen and oxygen atoms in total. The monoisotopic (exact) mass is 475 g/mol. The van der Waals surface area contributed by atoms with Crippen molar-refractivity contribution < 1.29 is 4.39 Å². The largest absolute Gasteiger partial charge is 0.380 e. The van der Waals surface area contributed by atoms with Crippen LogP contribution in [0.4, 0.5) is 10.1 Å². The lowest BCUT2D eigenvalue weighted by Crippen LogP contribution is -2.34. The number of benzene rings is 2. The first-order valence-electron chi connectivity index (χ1n) is 6.70. The van der Waals surface area contributed by atoms with Gasteiger partial charge in [-0.3, -0.25) is 0 Å². The smallest absolute Gasteiger partial charge is 0.126 e. The first-order valence-corrected chi connectivity index (χ1v) is 9.08. The average molecular weight is 478 g/mol. The maximum atomic E-state index is 13.7. The Labute approximate surface area is 148 Å². The van der Waals surface area contributed by atoms with Crippen molar-refractivity contribution in [3.05, 3.63) is 61.2 Å². The normalized spacial score (nSPS) is 21.0. The molecular weight excluding hydrogens is 465 g/mol. The van der Waals surface area contributed by atoms with Crippen LogP contribution in [0.2, 0.25) is 0 Å². The van der Waals surface area contributed by atoms with Gasteiger partial charge in [0.15, 0.2) is 0 Å². The molecule has 2 aromatic carbocycles. The van der Waals surface area contributed by atoms with E-state index in [0.29, 0.717) is 12.0 Å². The maximum absolute atomic E-state index is 13.7. The van der Waals surface area contributed by atoms with E-state index in [1.807, 2.05) is 24.3 Å². The van der Waals surface area contributed by atoms with E-state index in [1.165, 1.54) is 6.07 Å². The van der Waals surface area contributed by atoms with E-state index in [9.17, 15) is 4.39 Å². The summed E-state index contributed by atoms with van der Waals surface area (Å²) in [7, 11) is 0. The highest BCUT2D eigenvalue weighted by atomic mass is 79.9. The summed E-state index contributed by atoms with van der Waals surface area (Å²) in [5.41, 5.74) is 1.89. The Bertz CT molecular complexity index is 645. The highest BCUT2D eigenvalue weighted by molar-refractivity contribution is 9.11. The zero-order valence-electron chi connectivity index (χ0n) is 11.0. The van der Waals surface area contributed by atoms with Gasteiger partial charge in [-0.2, -0.15) is 0 Å². The van der Waals surface area contributed by atoms with Crippen molar-refractivity contribution in [1.82, 2.24) is 0 Å². The Balaban J connectivity index is 1.67. The van der Waals surface area contributed by atoms with Crippen LogP contribution in [0.5, 0.6) is 0 Å². The van der Waals surface area contributed by atoms with Crippen molar-refractivity contribution in [3.8, 4) is 0 Å². The van der Waals surface area contributed by atoms with E-state index in [2.05, 4.69) is 53.1 Å². The van der Waals surface area contributed by atoms with Crippen LogP contribution in [-0.2, 0) is 0 Å². The van der Waals surface area contributed by atoms with Gasteiger partial charge in [0.25, 0.3) is 0 Å². The maximum Gasteiger partial charge on any atom is 0.126 e. The second kappa shape index (κ2) is 6.39. The first-order chi connectivity index (χ1) is 10.0. The molecule has 0 atom stereocenters. The lowest BCUT2D eigenvalue weighted by molar-refractivity contribution is 0.363. The number of halogens is 4. The van der Waals surface area contributed by atoms with Crippen molar-refractivity contribution in [3.63, 3.8) is 0 Å². The molecule has 0 aromatic heterocycles. The van der Waals surface area contributed by atoms with E-state index in [-0.39, 0.29) is 5.82 Å². The van der Waals surface area contributed by atoms with Gasteiger partial charge in [0.2, 0.25) is 0 Å². The third kappa shape index (κ3) is 3.35. The van der Waals surface area contributed by atoms with Crippen LogP contribution in [0.3, 0.4) is 0 Å².